The molecule has 1 unspecified atom stereocenters. The fourth-order valence-electron chi connectivity index (χ4n) is 1.75. The Morgan fingerprint density at radius 3 is 1.48 bits per heavy atom. The molecule has 0 aliphatic heterocycles. The molecule has 0 bridgehead atoms. The van der Waals surface area contributed by atoms with Gasteiger partial charge < -0.3 is 14.7 Å². The lowest BCUT2D eigenvalue weighted by Gasteiger charge is -2.32. The van der Waals surface area contributed by atoms with Gasteiger partial charge in [-0.05, 0) is 47.9 Å². The monoisotopic (exact) mass is 361 g/mol. The third-order valence-electron chi connectivity index (χ3n) is 2.47. The van der Waals surface area contributed by atoms with Crippen molar-refractivity contribution >= 4 is 48.3 Å². The lowest BCUT2D eigenvalue weighted by molar-refractivity contribution is 0.363. The Bertz CT molecular complexity index is 653. The number of hydrogen-bond donors (Lipinski definition) is 3. The number of anilines is 2. The molecule has 2 aromatic rings. The van der Waals surface area contributed by atoms with Gasteiger partial charge in [0.25, 0.3) is 6.64 Å². The Kier molecular flexibility index (Phi) is 5.30. The summed E-state index contributed by atoms with van der Waals surface area (Å²) in [5, 5.41) is 0. The highest BCUT2D eigenvalue weighted by molar-refractivity contribution is 8.16. The Morgan fingerprint density at radius 1 is 0.762 bits per heavy atom. The topological polar surface area (TPSA) is 73.2 Å². The predicted octanol–water partition coefficient (Wildman–Crippen LogP) is 3.27. The molecule has 0 aromatic heterocycles. The molecular formula is C12H13NO4P2S2. The molecule has 9 heteroatoms. The predicted molar refractivity (Wildman–Crippen MR) is 91.3 cm³/mol. The van der Waals surface area contributed by atoms with Crippen LogP contribution in [0, 0.1) is 0 Å². The van der Waals surface area contributed by atoms with Crippen LogP contribution in [0.4, 0.5) is 11.4 Å². The average Bonchev–Trinajstić information content (AvgIpc) is 2.38. The van der Waals surface area contributed by atoms with E-state index in [1.165, 1.54) is 4.67 Å². The minimum absolute atomic E-state index is 0.568. The fourth-order valence-corrected chi connectivity index (χ4v) is 6.62. The van der Waals surface area contributed by atoms with Crippen LogP contribution in [-0.4, -0.2) is 14.7 Å². The van der Waals surface area contributed by atoms with Crippen LogP contribution in [0.1, 0.15) is 0 Å². The van der Waals surface area contributed by atoms with E-state index >= 15 is 0 Å². The van der Waals surface area contributed by atoms with Crippen LogP contribution >= 0.6 is 13.4 Å². The van der Waals surface area contributed by atoms with Gasteiger partial charge in [0.15, 0.2) is 0 Å². The first-order valence-electron chi connectivity index (χ1n) is 5.80. The lowest BCUT2D eigenvalue weighted by Crippen LogP contribution is -2.14. The first kappa shape index (κ1) is 16.7. The molecule has 2 aromatic carbocycles. The number of para-hydroxylation sites is 2. The highest BCUT2D eigenvalue weighted by Crippen LogP contribution is 2.62. The summed E-state index contributed by atoms with van der Waals surface area (Å²) in [6.45, 7) is -7.85. The van der Waals surface area contributed by atoms with Crippen molar-refractivity contribution in [3.63, 3.8) is 0 Å². The van der Waals surface area contributed by atoms with E-state index in [9.17, 15) is 14.7 Å². The molecule has 0 radical (unpaired) electrons. The standard InChI is InChI=1S/C12H13NO4P2S2/c14-18(20,17-19(15,16)21)13(11-7-3-1-4-8-11)12-9-5-2-6-10-12/h1-10H,(H,14,20)(H2,15,16,21). The molecule has 2 rings (SSSR count). The van der Waals surface area contributed by atoms with E-state index in [0.29, 0.717) is 11.4 Å². The van der Waals surface area contributed by atoms with Crippen molar-refractivity contribution in [1.82, 2.24) is 0 Å². The summed E-state index contributed by atoms with van der Waals surface area (Å²) in [5.74, 6) is 0. The van der Waals surface area contributed by atoms with Crippen LogP contribution < -0.4 is 4.67 Å². The van der Waals surface area contributed by atoms with E-state index < -0.39 is 13.4 Å². The molecule has 0 spiro atoms. The van der Waals surface area contributed by atoms with Crippen molar-refractivity contribution in [3.8, 4) is 0 Å². The van der Waals surface area contributed by atoms with E-state index in [-0.39, 0.29) is 0 Å². The van der Waals surface area contributed by atoms with Crippen molar-refractivity contribution in [2.24, 2.45) is 0 Å². The molecule has 0 amide bonds. The molecule has 5 nitrogen and oxygen atoms in total. The van der Waals surface area contributed by atoms with Gasteiger partial charge in [0.05, 0.1) is 0 Å². The second kappa shape index (κ2) is 6.65. The van der Waals surface area contributed by atoms with Crippen molar-refractivity contribution in [3.05, 3.63) is 60.7 Å². The van der Waals surface area contributed by atoms with Gasteiger partial charge in [-0.15, -0.1) is 0 Å². The molecule has 0 heterocycles. The van der Waals surface area contributed by atoms with Crippen LogP contribution in [-0.2, 0) is 27.9 Å². The number of hydrogen-bond acceptors (Lipinski definition) is 3. The van der Waals surface area contributed by atoms with E-state index in [2.05, 4.69) is 11.8 Å². The molecule has 3 N–H and O–H groups in total. The molecule has 0 aliphatic carbocycles. The van der Waals surface area contributed by atoms with Crippen molar-refractivity contribution in [1.29, 1.82) is 0 Å². The van der Waals surface area contributed by atoms with E-state index in [0.717, 1.165) is 0 Å². The smallest absolute Gasteiger partial charge is 0.328 e. The van der Waals surface area contributed by atoms with Crippen LogP contribution in [0.5, 0.6) is 0 Å². The first-order valence-corrected chi connectivity index (χ1v) is 11.1. The van der Waals surface area contributed by atoms with Gasteiger partial charge in [0.1, 0.15) is 0 Å². The zero-order chi connectivity index (χ0) is 15.5. The SMILES string of the molecule is OP(O)(=S)OP(O)(=S)N(c1ccccc1)c1ccccc1. The average molecular weight is 361 g/mol. The second-order valence-electron chi connectivity index (χ2n) is 4.05. The summed E-state index contributed by atoms with van der Waals surface area (Å²) >= 11 is 9.52. The summed E-state index contributed by atoms with van der Waals surface area (Å²) in [6, 6.07) is 17.6. The molecule has 1 atom stereocenters. The molecular weight excluding hydrogens is 348 g/mol. The number of rotatable bonds is 5. The van der Waals surface area contributed by atoms with Gasteiger partial charge in [-0.3, -0.25) is 4.67 Å². The Hall–Kier alpha value is -0.620. The van der Waals surface area contributed by atoms with Gasteiger partial charge in [-0.25, -0.2) is 4.31 Å². The van der Waals surface area contributed by atoms with E-state index in [1.807, 2.05) is 12.1 Å². The lowest BCUT2D eigenvalue weighted by atomic mass is 10.3. The normalized spacial score (nSPS) is 14.4. The number of benzene rings is 2. The fraction of sp³-hybridized carbons (Fsp3) is 0. The van der Waals surface area contributed by atoms with Crippen molar-refractivity contribution in [2.45, 2.75) is 0 Å². The molecule has 21 heavy (non-hydrogen) atoms. The highest BCUT2D eigenvalue weighted by Gasteiger charge is 2.32. The van der Waals surface area contributed by atoms with Crippen LogP contribution in [0.25, 0.3) is 0 Å². The molecule has 0 saturated heterocycles. The van der Waals surface area contributed by atoms with Gasteiger partial charge >= 0.3 is 6.72 Å². The van der Waals surface area contributed by atoms with Crippen LogP contribution in [0.3, 0.4) is 0 Å². The quantitative estimate of drug-likeness (QED) is 0.706. The zero-order valence-electron chi connectivity index (χ0n) is 10.7. The van der Waals surface area contributed by atoms with Crippen molar-refractivity contribution < 1.29 is 19.0 Å². The highest BCUT2D eigenvalue weighted by atomic mass is 32.5. The Morgan fingerprint density at radius 2 is 1.14 bits per heavy atom. The molecule has 112 valence electrons. The summed E-state index contributed by atoms with van der Waals surface area (Å²) in [5.41, 5.74) is 1.14. The minimum atomic E-state index is -4.10. The summed E-state index contributed by atoms with van der Waals surface area (Å²) < 4.78 is 6.20. The van der Waals surface area contributed by atoms with Crippen molar-refractivity contribution in [2.75, 3.05) is 4.67 Å². The van der Waals surface area contributed by atoms with Gasteiger partial charge in [0.2, 0.25) is 0 Å². The maximum absolute atomic E-state index is 10.5. The molecule has 0 saturated carbocycles. The molecule has 0 fully saturated rings. The summed E-state index contributed by atoms with van der Waals surface area (Å²) in [4.78, 5) is 29.1. The van der Waals surface area contributed by atoms with E-state index in [4.69, 9.17) is 16.1 Å². The zero-order valence-corrected chi connectivity index (χ0v) is 14.1. The Labute approximate surface area is 132 Å². The second-order valence-corrected chi connectivity index (χ2v) is 9.92. The largest absolute Gasteiger partial charge is 0.329 e. The minimum Gasteiger partial charge on any atom is -0.329 e. The van der Waals surface area contributed by atoms with Crippen LogP contribution in [0.2, 0.25) is 0 Å². The third-order valence-corrected chi connectivity index (χ3v) is 6.83. The summed E-state index contributed by atoms with van der Waals surface area (Å²) in [6.07, 6.45) is 0. The maximum Gasteiger partial charge on any atom is 0.328 e. The Balaban J connectivity index is 2.52. The van der Waals surface area contributed by atoms with Gasteiger partial charge in [-0.2, -0.15) is 0 Å². The maximum atomic E-state index is 10.5. The molecule has 0 aliphatic rings. The first-order chi connectivity index (χ1) is 9.80. The van der Waals surface area contributed by atoms with Gasteiger partial charge in [0, 0.05) is 11.4 Å². The third kappa shape index (κ3) is 4.68. The number of nitrogens with zero attached hydrogens (tertiary/aromatic N) is 1. The summed E-state index contributed by atoms with van der Waals surface area (Å²) in [7, 11) is 0. The van der Waals surface area contributed by atoms with Gasteiger partial charge in [-0.1, -0.05) is 36.4 Å². The van der Waals surface area contributed by atoms with E-state index in [1.54, 1.807) is 48.5 Å². The van der Waals surface area contributed by atoms with Crippen LogP contribution in [0.15, 0.2) is 60.7 Å².